The fourth-order valence-electron chi connectivity index (χ4n) is 2.94. The zero-order valence-corrected chi connectivity index (χ0v) is 13.3. The Kier molecular flexibility index (Phi) is 3.20. The summed E-state index contributed by atoms with van der Waals surface area (Å²) in [6, 6.07) is 11.9. The Bertz CT molecular complexity index is 933. The average molecular weight is 324 g/mol. The van der Waals surface area contributed by atoms with Crippen LogP contribution in [0.15, 0.2) is 48.8 Å². The topological polar surface area (TPSA) is 45.2 Å². The van der Waals surface area contributed by atoms with Gasteiger partial charge in [0.05, 0.1) is 22.9 Å². The van der Waals surface area contributed by atoms with Crippen LogP contribution in [0.25, 0.3) is 21.9 Å². The van der Waals surface area contributed by atoms with Crippen molar-refractivity contribution in [1.82, 2.24) is 4.98 Å². The van der Waals surface area contributed by atoms with Gasteiger partial charge in [-0.25, -0.2) is 0 Å². The van der Waals surface area contributed by atoms with Crippen molar-refractivity contribution >= 4 is 39.7 Å². The molecule has 0 unspecified atom stereocenters. The number of pyridine rings is 1. The largest absolute Gasteiger partial charge is 0.374 e. The minimum atomic E-state index is 0.0214. The molecule has 4 nitrogen and oxygen atoms in total. The number of carbonyl (C=O) groups is 1. The van der Waals surface area contributed by atoms with Gasteiger partial charge in [-0.3, -0.25) is 9.78 Å². The van der Waals surface area contributed by atoms with Gasteiger partial charge in [-0.1, -0.05) is 35.9 Å². The van der Waals surface area contributed by atoms with Gasteiger partial charge in [0.15, 0.2) is 0 Å². The zero-order valence-electron chi connectivity index (χ0n) is 12.5. The summed E-state index contributed by atoms with van der Waals surface area (Å²) in [5, 5.41) is 5.93. The van der Waals surface area contributed by atoms with Crippen LogP contribution in [-0.2, 0) is 4.79 Å². The molecule has 0 spiro atoms. The molecule has 1 aliphatic rings. The van der Waals surface area contributed by atoms with E-state index in [1.165, 1.54) is 0 Å². The maximum absolute atomic E-state index is 11.8. The highest BCUT2D eigenvalue weighted by Crippen LogP contribution is 2.40. The molecule has 0 radical (unpaired) electrons. The number of aromatic nitrogens is 1. The molecule has 2 heterocycles. The molecule has 4 rings (SSSR count). The molecule has 0 aliphatic carbocycles. The number of carbonyl (C=O) groups excluding carboxylic acids is 1. The molecule has 2 aromatic carbocycles. The van der Waals surface area contributed by atoms with Crippen molar-refractivity contribution in [3.05, 3.63) is 53.8 Å². The zero-order chi connectivity index (χ0) is 16.0. The number of anilines is 2. The molecule has 5 heteroatoms. The van der Waals surface area contributed by atoms with Crippen LogP contribution in [0, 0.1) is 0 Å². The summed E-state index contributed by atoms with van der Waals surface area (Å²) in [6.45, 7) is 0.290. The summed E-state index contributed by atoms with van der Waals surface area (Å²) in [4.78, 5) is 17.8. The molecule has 3 aromatic rings. The van der Waals surface area contributed by atoms with Crippen LogP contribution >= 0.6 is 11.6 Å². The van der Waals surface area contributed by atoms with Crippen molar-refractivity contribution < 1.29 is 4.79 Å². The first kappa shape index (κ1) is 14.0. The standard InChI is InChI=1S/C18H14ClN3O/c1-22-17-7-15(19)13(6-16(17)21-10-18(22)23)14-9-20-8-11-4-2-3-5-12(11)14/h2-9,21H,10H2,1H3. The van der Waals surface area contributed by atoms with E-state index in [1.54, 1.807) is 11.9 Å². The van der Waals surface area contributed by atoms with Crippen LogP contribution < -0.4 is 10.2 Å². The van der Waals surface area contributed by atoms with Gasteiger partial charge in [0.2, 0.25) is 5.91 Å². The molecule has 0 atom stereocenters. The Labute approximate surface area is 138 Å². The molecule has 0 saturated carbocycles. The number of likely N-dealkylation sites (N-methyl/N-ethyl adjacent to an activating group) is 1. The van der Waals surface area contributed by atoms with E-state index in [4.69, 9.17) is 11.6 Å². The molecular weight excluding hydrogens is 310 g/mol. The van der Waals surface area contributed by atoms with Gasteiger partial charge in [0, 0.05) is 36.0 Å². The van der Waals surface area contributed by atoms with Crippen molar-refractivity contribution in [1.29, 1.82) is 0 Å². The van der Waals surface area contributed by atoms with Gasteiger partial charge in [0.1, 0.15) is 0 Å². The first-order valence-electron chi connectivity index (χ1n) is 7.32. The molecule has 1 amide bonds. The second-order valence-electron chi connectivity index (χ2n) is 5.56. The maximum atomic E-state index is 11.8. The highest BCUT2D eigenvalue weighted by Gasteiger charge is 2.22. The number of benzene rings is 2. The van der Waals surface area contributed by atoms with Gasteiger partial charge in [0.25, 0.3) is 0 Å². The third kappa shape index (κ3) is 2.23. The van der Waals surface area contributed by atoms with E-state index >= 15 is 0 Å². The number of rotatable bonds is 1. The smallest absolute Gasteiger partial charge is 0.246 e. The van der Waals surface area contributed by atoms with Crippen LogP contribution in [0.1, 0.15) is 0 Å². The van der Waals surface area contributed by atoms with Gasteiger partial charge in [-0.15, -0.1) is 0 Å². The van der Waals surface area contributed by atoms with Crippen LogP contribution in [0.3, 0.4) is 0 Å². The van der Waals surface area contributed by atoms with Crippen molar-refractivity contribution in [3.63, 3.8) is 0 Å². The lowest BCUT2D eigenvalue weighted by atomic mass is 9.99. The number of fused-ring (bicyclic) bond motifs is 2. The van der Waals surface area contributed by atoms with Crippen LogP contribution in [0.4, 0.5) is 11.4 Å². The fraction of sp³-hybridized carbons (Fsp3) is 0.111. The highest BCUT2D eigenvalue weighted by atomic mass is 35.5. The summed E-state index contributed by atoms with van der Waals surface area (Å²) in [6.07, 6.45) is 3.67. The minimum absolute atomic E-state index is 0.0214. The molecule has 1 aliphatic heterocycles. The monoisotopic (exact) mass is 323 g/mol. The van der Waals surface area contributed by atoms with Crippen molar-refractivity contribution in [2.24, 2.45) is 0 Å². The highest BCUT2D eigenvalue weighted by molar-refractivity contribution is 6.34. The Hall–Kier alpha value is -2.59. The van der Waals surface area contributed by atoms with E-state index in [0.717, 1.165) is 33.3 Å². The molecule has 0 bridgehead atoms. The van der Waals surface area contributed by atoms with Crippen molar-refractivity contribution in [3.8, 4) is 11.1 Å². The van der Waals surface area contributed by atoms with E-state index < -0.39 is 0 Å². The summed E-state index contributed by atoms with van der Waals surface area (Å²) >= 11 is 6.52. The second-order valence-corrected chi connectivity index (χ2v) is 5.97. The lowest BCUT2D eigenvalue weighted by molar-refractivity contribution is -0.116. The number of hydrogen-bond acceptors (Lipinski definition) is 3. The summed E-state index contributed by atoms with van der Waals surface area (Å²) in [5.41, 5.74) is 3.59. The Morgan fingerprint density at radius 2 is 2.00 bits per heavy atom. The van der Waals surface area contributed by atoms with Crippen LogP contribution in [0.2, 0.25) is 5.02 Å². The van der Waals surface area contributed by atoms with Gasteiger partial charge >= 0.3 is 0 Å². The van der Waals surface area contributed by atoms with E-state index in [9.17, 15) is 4.79 Å². The SMILES string of the molecule is CN1C(=O)CNc2cc(-c3cncc4ccccc34)c(Cl)cc21. The van der Waals surface area contributed by atoms with Crippen LogP contribution in [0.5, 0.6) is 0 Å². The lowest BCUT2D eigenvalue weighted by Crippen LogP contribution is -2.36. The predicted octanol–water partition coefficient (Wildman–Crippen LogP) is 3.94. The Morgan fingerprint density at radius 3 is 2.87 bits per heavy atom. The van der Waals surface area contributed by atoms with Crippen molar-refractivity contribution in [2.45, 2.75) is 0 Å². The van der Waals surface area contributed by atoms with E-state index in [0.29, 0.717) is 11.6 Å². The molecule has 23 heavy (non-hydrogen) atoms. The molecule has 0 fully saturated rings. The van der Waals surface area contributed by atoms with Gasteiger partial charge in [-0.2, -0.15) is 0 Å². The molecule has 114 valence electrons. The minimum Gasteiger partial charge on any atom is -0.374 e. The Balaban J connectivity index is 1.94. The number of hydrogen-bond donors (Lipinski definition) is 1. The molecular formula is C18H14ClN3O. The third-order valence-corrected chi connectivity index (χ3v) is 4.52. The predicted molar refractivity (Wildman–Crippen MR) is 94.1 cm³/mol. The summed E-state index contributed by atoms with van der Waals surface area (Å²) in [7, 11) is 1.76. The normalized spacial score (nSPS) is 13.8. The van der Waals surface area contributed by atoms with Crippen molar-refractivity contribution in [2.75, 3.05) is 23.8 Å². The molecule has 0 saturated heterocycles. The van der Waals surface area contributed by atoms with Crippen LogP contribution in [-0.4, -0.2) is 24.5 Å². The number of amides is 1. The lowest BCUT2D eigenvalue weighted by Gasteiger charge is -2.27. The Morgan fingerprint density at radius 1 is 1.17 bits per heavy atom. The van der Waals surface area contributed by atoms with E-state index in [-0.39, 0.29) is 5.91 Å². The molecule has 1 N–H and O–H groups in total. The third-order valence-electron chi connectivity index (χ3n) is 4.21. The number of nitrogens with zero attached hydrogens (tertiary/aromatic N) is 2. The quantitative estimate of drug-likeness (QED) is 0.737. The number of halogens is 1. The van der Waals surface area contributed by atoms with Gasteiger partial charge in [-0.05, 0) is 17.5 Å². The maximum Gasteiger partial charge on any atom is 0.246 e. The number of nitrogens with one attached hydrogen (secondary N) is 1. The first-order chi connectivity index (χ1) is 11.1. The summed E-state index contributed by atoms with van der Waals surface area (Å²) < 4.78 is 0. The van der Waals surface area contributed by atoms with Gasteiger partial charge < -0.3 is 10.2 Å². The molecule has 1 aromatic heterocycles. The van der Waals surface area contributed by atoms with E-state index in [2.05, 4.69) is 16.4 Å². The first-order valence-corrected chi connectivity index (χ1v) is 7.70. The second kappa shape index (κ2) is 5.25. The summed E-state index contributed by atoms with van der Waals surface area (Å²) in [5.74, 6) is 0.0214. The fourth-order valence-corrected chi connectivity index (χ4v) is 3.20. The average Bonchev–Trinajstić information content (AvgIpc) is 2.58. The van der Waals surface area contributed by atoms with E-state index in [1.807, 2.05) is 42.7 Å².